The van der Waals surface area contributed by atoms with Crippen molar-refractivity contribution in [1.82, 2.24) is 9.78 Å². The van der Waals surface area contributed by atoms with Gasteiger partial charge in [-0.1, -0.05) is 25.1 Å². The average Bonchev–Trinajstić information content (AvgIpc) is 3.20. The van der Waals surface area contributed by atoms with E-state index in [9.17, 15) is 13.2 Å². The lowest BCUT2D eigenvalue weighted by atomic mass is 9.90. The summed E-state index contributed by atoms with van der Waals surface area (Å²) in [5.41, 5.74) is 4.00. The summed E-state index contributed by atoms with van der Waals surface area (Å²) in [5, 5.41) is 4.34. The summed E-state index contributed by atoms with van der Waals surface area (Å²) in [4.78, 5) is 0. The van der Waals surface area contributed by atoms with Crippen LogP contribution in [-0.2, 0) is 12.6 Å². The van der Waals surface area contributed by atoms with Gasteiger partial charge in [-0.15, -0.1) is 0 Å². The Morgan fingerprint density at radius 3 is 2.38 bits per heavy atom. The molecule has 0 radical (unpaired) electrons. The van der Waals surface area contributed by atoms with Crippen LogP contribution in [0.3, 0.4) is 0 Å². The summed E-state index contributed by atoms with van der Waals surface area (Å²) >= 11 is 0. The quantitative estimate of drug-likeness (QED) is 0.558. The van der Waals surface area contributed by atoms with Crippen molar-refractivity contribution in [3.8, 4) is 16.8 Å². The van der Waals surface area contributed by atoms with E-state index >= 15 is 0 Å². The predicted molar refractivity (Wildman–Crippen MR) is 95.5 cm³/mol. The molecule has 1 aliphatic rings. The second-order valence-corrected chi connectivity index (χ2v) is 6.94. The van der Waals surface area contributed by atoms with Crippen molar-refractivity contribution >= 4 is 0 Å². The minimum atomic E-state index is -4.37. The first-order chi connectivity index (χ1) is 12.3. The molecule has 0 spiro atoms. The van der Waals surface area contributed by atoms with E-state index in [0.29, 0.717) is 23.5 Å². The summed E-state index contributed by atoms with van der Waals surface area (Å²) in [5.74, 6) is 0.303. The SMILES string of the molecule is Cc1ccn(-c2ccc(-c3c(C(F)(F)F)ccc4c3CC[C@H]4C)cc2)n1. The van der Waals surface area contributed by atoms with Crippen LogP contribution >= 0.6 is 0 Å². The minimum Gasteiger partial charge on any atom is -0.241 e. The maximum absolute atomic E-state index is 13.6. The molecule has 26 heavy (non-hydrogen) atoms. The summed E-state index contributed by atoms with van der Waals surface area (Å²) in [6.45, 7) is 3.97. The van der Waals surface area contributed by atoms with Gasteiger partial charge in [0.25, 0.3) is 0 Å². The number of hydrogen-bond donors (Lipinski definition) is 0. The zero-order chi connectivity index (χ0) is 18.5. The fourth-order valence-electron chi connectivity index (χ4n) is 3.82. The van der Waals surface area contributed by atoms with Crippen molar-refractivity contribution in [2.45, 2.75) is 38.8 Å². The highest BCUT2D eigenvalue weighted by atomic mass is 19.4. The molecule has 1 aromatic heterocycles. The van der Waals surface area contributed by atoms with Crippen LogP contribution in [0.1, 0.15) is 41.6 Å². The van der Waals surface area contributed by atoms with Gasteiger partial charge in [0, 0.05) is 6.20 Å². The number of hydrogen-bond acceptors (Lipinski definition) is 1. The molecule has 2 nitrogen and oxygen atoms in total. The second-order valence-electron chi connectivity index (χ2n) is 6.94. The topological polar surface area (TPSA) is 17.8 Å². The molecule has 134 valence electrons. The summed E-state index contributed by atoms with van der Waals surface area (Å²) in [6, 6.07) is 11.9. The van der Waals surface area contributed by atoms with Gasteiger partial charge in [-0.2, -0.15) is 18.3 Å². The number of fused-ring (bicyclic) bond motifs is 1. The van der Waals surface area contributed by atoms with Crippen molar-refractivity contribution in [2.24, 2.45) is 0 Å². The van der Waals surface area contributed by atoms with E-state index in [4.69, 9.17) is 0 Å². The van der Waals surface area contributed by atoms with Crippen molar-refractivity contribution < 1.29 is 13.2 Å². The van der Waals surface area contributed by atoms with E-state index in [2.05, 4.69) is 12.0 Å². The summed E-state index contributed by atoms with van der Waals surface area (Å²) in [6.07, 6.45) is -0.939. The summed E-state index contributed by atoms with van der Waals surface area (Å²) in [7, 11) is 0. The molecule has 0 N–H and O–H groups in total. The average molecular weight is 356 g/mol. The molecule has 1 heterocycles. The molecule has 0 saturated heterocycles. The minimum absolute atomic E-state index is 0.303. The molecule has 0 saturated carbocycles. The van der Waals surface area contributed by atoms with E-state index in [1.807, 2.05) is 31.3 Å². The van der Waals surface area contributed by atoms with Crippen molar-refractivity contribution in [3.63, 3.8) is 0 Å². The Balaban J connectivity index is 1.84. The lowest BCUT2D eigenvalue weighted by Gasteiger charge is -2.18. The van der Waals surface area contributed by atoms with Gasteiger partial charge in [0.15, 0.2) is 0 Å². The van der Waals surface area contributed by atoms with Crippen LogP contribution in [0, 0.1) is 6.92 Å². The highest BCUT2D eigenvalue weighted by molar-refractivity contribution is 5.75. The van der Waals surface area contributed by atoms with E-state index < -0.39 is 11.7 Å². The normalized spacial score (nSPS) is 16.7. The van der Waals surface area contributed by atoms with E-state index in [-0.39, 0.29) is 0 Å². The Labute approximate surface area is 150 Å². The van der Waals surface area contributed by atoms with Gasteiger partial charge in [-0.25, -0.2) is 4.68 Å². The van der Waals surface area contributed by atoms with Crippen LogP contribution in [0.2, 0.25) is 0 Å². The van der Waals surface area contributed by atoms with E-state index in [1.165, 1.54) is 6.07 Å². The standard InChI is InChI=1S/C21H19F3N2/c1-13-3-8-18-17(13)9-10-19(21(22,23)24)20(18)15-4-6-16(7-5-15)26-12-11-14(2)25-26/h4-7,9-13H,3,8H2,1-2H3/t13-/m1/s1. The predicted octanol–water partition coefficient (Wildman–Crippen LogP) is 5.92. The zero-order valence-corrected chi connectivity index (χ0v) is 14.6. The van der Waals surface area contributed by atoms with Crippen LogP contribution in [0.5, 0.6) is 0 Å². The fourth-order valence-corrected chi connectivity index (χ4v) is 3.82. The smallest absolute Gasteiger partial charge is 0.241 e. The van der Waals surface area contributed by atoms with Crippen LogP contribution in [-0.4, -0.2) is 9.78 Å². The Morgan fingerprint density at radius 2 is 1.77 bits per heavy atom. The number of rotatable bonds is 2. The third-order valence-corrected chi connectivity index (χ3v) is 5.16. The van der Waals surface area contributed by atoms with Gasteiger partial charge in [-0.05, 0) is 72.2 Å². The Bertz CT molecular complexity index is 952. The molecular weight excluding hydrogens is 337 g/mol. The van der Waals surface area contributed by atoms with E-state index in [0.717, 1.165) is 28.9 Å². The number of nitrogens with zero attached hydrogens (tertiary/aromatic N) is 2. The maximum Gasteiger partial charge on any atom is 0.417 e. The zero-order valence-electron chi connectivity index (χ0n) is 14.6. The number of halogens is 3. The van der Waals surface area contributed by atoms with Crippen molar-refractivity contribution in [1.29, 1.82) is 0 Å². The largest absolute Gasteiger partial charge is 0.417 e. The highest BCUT2D eigenvalue weighted by Gasteiger charge is 2.36. The molecule has 2 aromatic carbocycles. The van der Waals surface area contributed by atoms with Gasteiger partial charge in [-0.3, -0.25) is 0 Å². The monoisotopic (exact) mass is 356 g/mol. The number of aromatic nitrogens is 2. The first kappa shape index (κ1) is 16.9. The number of aryl methyl sites for hydroxylation is 1. The molecule has 1 aliphatic carbocycles. The van der Waals surface area contributed by atoms with E-state index in [1.54, 1.807) is 22.9 Å². The third-order valence-electron chi connectivity index (χ3n) is 5.16. The second kappa shape index (κ2) is 6.01. The molecule has 0 fully saturated rings. The van der Waals surface area contributed by atoms with Crippen LogP contribution < -0.4 is 0 Å². The maximum atomic E-state index is 13.6. The molecule has 0 bridgehead atoms. The molecular formula is C21H19F3N2. The number of alkyl halides is 3. The first-order valence-electron chi connectivity index (χ1n) is 8.70. The lowest BCUT2D eigenvalue weighted by molar-refractivity contribution is -0.137. The Hall–Kier alpha value is -2.56. The molecule has 0 amide bonds. The fraction of sp³-hybridized carbons (Fsp3) is 0.286. The number of benzene rings is 2. The van der Waals surface area contributed by atoms with Gasteiger partial charge >= 0.3 is 6.18 Å². The van der Waals surface area contributed by atoms with Crippen molar-refractivity contribution in [3.05, 3.63) is 71.0 Å². The molecule has 4 rings (SSSR count). The van der Waals surface area contributed by atoms with Gasteiger partial charge in [0.1, 0.15) is 0 Å². The van der Waals surface area contributed by atoms with Gasteiger partial charge in [0.05, 0.1) is 16.9 Å². The third kappa shape index (κ3) is 2.81. The Morgan fingerprint density at radius 1 is 1.04 bits per heavy atom. The molecule has 3 aromatic rings. The van der Waals surface area contributed by atoms with Crippen LogP contribution in [0.25, 0.3) is 16.8 Å². The summed E-state index contributed by atoms with van der Waals surface area (Å²) < 4.78 is 42.6. The highest BCUT2D eigenvalue weighted by Crippen LogP contribution is 2.45. The van der Waals surface area contributed by atoms with Gasteiger partial charge in [0.2, 0.25) is 0 Å². The molecule has 0 unspecified atom stereocenters. The molecule has 5 heteroatoms. The van der Waals surface area contributed by atoms with Gasteiger partial charge < -0.3 is 0 Å². The van der Waals surface area contributed by atoms with Crippen molar-refractivity contribution in [2.75, 3.05) is 0 Å². The Kier molecular flexibility index (Phi) is 3.90. The molecule has 0 aliphatic heterocycles. The lowest BCUT2D eigenvalue weighted by Crippen LogP contribution is -2.09. The first-order valence-corrected chi connectivity index (χ1v) is 8.70. The molecule has 1 atom stereocenters. The van der Waals surface area contributed by atoms with Crippen LogP contribution in [0.4, 0.5) is 13.2 Å². The van der Waals surface area contributed by atoms with Crippen LogP contribution in [0.15, 0.2) is 48.7 Å².